The molecule has 6 rings (SSSR count). The minimum Gasteiger partial charge on any atom is -0.352 e. The van der Waals surface area contributed by atoms with Crippen molar-refractivity contribution < 1.29 is 9.59 Å². The number of imidazole rings is 1. The lowest BCUT2D eigenvalue weighted by molar-refractivity contribution is -0.121. The van der Waals surface area contributed by atoms with Crippen LogP contribution < -0.4 is 10.6 Å². The van der Waals surface area contributed by atoms with E-state index in [4.69, 9.17) is 0 Å². The number of aromatic nitrogens is 4. The first-order valence-corrected chi connectivity index (χ1v) is 17.4. The van der Waals surface area contributed by atoms with Gasteiger partial charge in [0.05, 0.1) is 18.4 Å². The Morgan fingerprint density at radius 3 is 2.36 bits per heavy atom. The van der Waals surface area contributed by atoms with E-state index in [-0.39, 0.29) is 24.3 Å². The molecule has 2 N–H and O–H groups in total. The zero-order chi connectivity index (χ0) is 35.7. The molecule has 50 heavy (non-hydrogen) atoms. The highest BCUT2D eigenvalue weighted by Gasteiger charge is 2.22. The zero-order valence-corrected chi connectivity index (χ0v) is 29.8. The van der Waals surface area contributed by atoms with Crippen LogP contribution in [0.2, 0.25) is 0 Å². The van der Waals surface area contributed by atoms with E-state index in [1.807, 2.05) is 130 Å². The number of benzene rings is 2. The predicted molar refractivity (Wildman–Crippen MR) is 202 cm³/mol. The van der Waals surface area contributed by atoms with E-state index in [9.17, 15) is 9.59 Å². The quantitative estimate of drug-likeness (QED) is 0.155. The summed E-state index contributed by atoms with van der Waals surface area (Å²) in [4.78, 5) is 41.4. The lowest BCUT2D eigenvalue weighted by Crippen LogP contribution is -2.47. The van der Waals surface area contributed by atoms with Gasteiger partial charge in [-0.2, -0.15) is 0 Å². The summed E-state index contributed by atoms with van der Waals surface area (Å²) in [5.41, 5.74) is 6.61. The second kappa shape index (κ2) is 19.6. The number of anilines is 1. The van der Waals surface area contributed by atoms with Gasteiger partial charge >= 0.3 is 0 Å². The number of amides is 2. The number of aryl methyl sites for hydroxylation is 1. The Morgan fingerprint density at radius 2 is 1.66 bits per heavy atom. The Morgan fingerprint density at radius 1 is 0.880 bits per heavy atom. The summed E-state index contributed by atoms with van der Waals surface area (Å²) < 4.78 is 1.96. The summed E-state index contributed by atoms with van der Waals surface area (Å²) in [7, 11) is 0. The molecular weight excluding hydrogens is 622 g/mol. The number of nitrogens with zero attached hydrogens (tertiary/aromatic N) is 5. The average Bonchev–Trinajstić information content (AvgIpc) is 3.59. The molecule has 0 aliphatic carbocycles. The monoisotopic (exact) mass is 671 g/mol. The van der Waals surface area contributed by atoms with Gasteiger partial charge in [0.25, 0.3) is 5.91 Å². The summed E-state index contributed by atoms with van der Waals surface area (Å²) in [5.74, 6) is -0.288. The fourth-order valence-corrected chi connectivity index (χ4v) is 5.63. The van der Waals surface area contributed by atoms with E-state index >= 15 is 0 Å². The highest BCUT2D eigenvalue weighted by molar-refractivity contribution is 6.03. The van der Waals surface area contributed by atoms with Gasteiger partial charge in [-0.15, -0.1) is 0 Å². The summed E-state index contributed by atoms with van der Waals surface area (Å²) in [6.07, 6.45) is 13.3. The van der Waals surface area contributed by atoms with Crippen LogP contribution in [0.25, 0.3) is 16.8 Å². The third kappa shape index (κ3) is 11.3. The molecule has 0 radical (unpaired) electrons. The number of carbonyl (C=O) groups is 2. The van der Waals surface area contributed by atoms with Crippen molar-refractivity contribution in [2.75, 3.05) is 18.4 Å². The van der Waals surface area contributed by atoms with Crippen molar-refractivity contribution in [2.45, 2.75) is 66.5 Å². The van der Waals surface area contributed by atoms with Crippen LogP contribution in [-0.4, -0.2) is 55.4 Å². The smallest absolute Gasteiger partial charge is 0.274 e. The summed E-state index contributed by atoms with van der Waals surface area (Å²) in [6, 6.07) is 25.4. The number of hydrogen-bond acceptors (Lipinski definition) is 6. The third-order valence-corrected chi connectivity index (χ3v) is 8.02. The molecular formula is C41H49N7O2. The molecule has 0 bridgehead atoms. The minimum atomic E-state index is -0.277. The van der Waals surface area contributed by atoms with Crippen LogP contribution in [0.15, 0.2) is 116 Å². The fraction of sp³-hybridized carbons (Fsp3) is 0.293. The maximum atomic E-state index is 13.4. The van der Waals surface area contributed by atoms with E-state index in [0.29, 0.717) is 17.9 Å². The number of hydrogen-bond donors (Lipinski definition) is 2. The topological polar surface area (TPSA) is 105 Å². The normalized spacial score (nSPS) is 14.1. The van der Waals surface area contributed by atoms with Gasteiger partial charge < -0.3 is 15.2 Å². The van der Waals surface area contributed by atoms with E-state index in [1.165, 1.54) is 0 Å². The minimum absolute atomic E-state index is 0.0111. The van der Waals surface area contributed by atoms with E-state index in [2.05, 4.69) is 36.6 Å². The van der Waals surface area contributed by atoms with Crippen molar-refractivity contribution >= 4 is 17.5 Å². The molecule has 1 aliphatic rings. The number of likely N-dealkylation sites (tertiary alicyclic amines) is 1. The summed E-state index contributed by atoms with van der Waals surface area (Å²) in [6.45, 7) is 12.3. The number of piperidine rings is 1. The molecule has 9 nitrogen and oxygen atoms in total. The van der Waals surface area contributed by atoms with Crippen molar-refractivity contribution in [1.82, 2.24) is 29.7 Å². The first kappa shape index (κ1) is 37.4. The molecule has 0 spiro atoms. The molecule has 260 valence electrons. The van der Waals surface area contributed by atoms with Crippen LogP contribution in [0.3, 0.4) is 0 Å². The zero-order valence-electron chi connectivity index (χ0n) is 29.8. The number of rotatable bonds is 9. The van der Waals surface area contributed by atoms with Crippen molar-refractivity contribution in [3.05, 3.63) is 139 Å². The first-order valence-electron chi connectivity index (χ1n) is 17.4. The summed E-state index contributed by atoms with van der Waals surface area (Å²) in [5, 5.41) is 6.27. The van der Waals surface area contributed by atoms with Gasteiger partial charge in [-0.05, 0) is 99.3 Å². The van der Waals surface area contributed by atoms with Gasteiger partial charge in [0.2, 0.25) is 5.91 Å². The van der Waals surface area contributed by atoms with Gasteiger partial charge in [-0.25, -0.2) is 4.98 Å². The molecule has 5 aromatic rings. The van der Waals surface area contributed by atoms with Gasteiger partial charge in [-0.3, -0.25) is 24.5 Å². The van der Waals surface area contributed by atoms with Crippen LogP contribution in [0.1, 0.15) is 68.0 Å². The highest BCUT2D eigenvalue weighted by Crippen LogP contribution is 2.24. The van der Waals surface area contributed by atoms with Crippen molar-refractivity contribution in [3.63, 3.8) is 0 Å². The Labute approximate surface area is 296 Å². The van der Waals surface area contributed by atoms with Crippen LogP contribution >= 0.6 is 0 Å². The van der Waals surface area contributed by atoms with E-state index in [0.717, 1.165) is 59.7 Å². The summed E-state index contributed by atoms with van der Waals surface area (Å²) >= 11 is 0. The van der Waals surface area contributed by atoms with Gasteiger partial charge in [0.1, 0.15) is 5.69 Å². The lowest BCUT2D eigenvalue weighted by Gasteiger charge is -2.33. The molecule has 1 aliphatic heterocycles. The maximum Gasteiger partial charge on any atom is 0.274 e. The predicted octanol–water partition coefficient (Wildman–Crippen LogP) is 7.82. The Bertz CT molecular complexity index is 1820. The van der Waals surface area contributed by atoms with Crippen molar-refractivity contribution in [1.29, 1.82) is 0 Å². The lowest BCUT2D eigenvalue weighted by atomic mass is 10.0. The average molecular weight is 672 g/mol. The Hall–Kier alpha value is -5.41. The molecule has 4 heterocycles. The second-order valence-electron chi connectivity index (χ2n) is 11.9. The van der Waals surface area contributed by atoms with Gasteiger partial charge in [0.15, 0.2) is 0 Å². The molecule has 1 saturated heterocycles. The number of pyridine rings is 2. The molecule has 2 aromatic carbocycles. The number of carbonyl (C=O) groups excluding carboxylic acids is 2. The Balaban J connectivity index is 0.000000875. The molecule has 1 fully saturated rings. The Kier molecular flexibility index (Phi) is 14.6. The van der Waals surface area contributed by atoms with Crippen LogP contribution in [0.5, 0.6) is 0 Å². The van der Waals surface area contributed by atoms with Gasteiger partial charge in [-0.1, -0.05) is 62.4 Å². The second-order valence-corrected chi connectivity index (χ2v) is 11.9. The first-order chi connectivity index (χ1) is 24.4. The molecule has 2 amide bonds. The number of allylic oxidation sites excluding steroid dienone is 2. The molecule has 1 atom stereocenters. The van der Waals surface area contributed by atoms with E-state index < -0.39 is 0 Å². The molecule has 0 saturated carbocycles. The standard InChI is InChI=1S/C35H35N7O2.C4H8.C2H6/c1-25-21-42(24-38-25)32-17-26(22-41-15-7-11-30(23-41)39-34(43)20-29-10-5-6-13-36-29)16-31(19-32)40-35(44)33-18-28(12-14-37-33)27-8-3-2-4-9-27;1-3-4-2;1-2/h2-6,8-10,12-14,16-19,21,24,30H,7,11,15,20,22-23H2,1H3,(H,39,43)(H,40,44);3-4H,1-2H3;1-2H3/b;4-3-;. The molecule has 1 unspecified atom stereocenters. The van der Waals surface area contributed by atoms with Crippen LogP contribution in [0, 0.1) is 6.92 Å². The number of nitrogens with one attached hydrogen (secondary N) is 2. The third-order valence-electron chi connectivity index (χ3n) is 8.02. The molecule has 9 heteroatoms. The van der Waals surface area contributed by atoms with E-state index in [1.54, 1.807) is 18.7 Å². The SMILES string of the molecule is C/C=C\C.CC.Cc1cn(-c2cc(CN3CCCC(NC(=O)Cc4ccccn4)C3)cc(NC(=O)c3cc(-c4ccccc4)ccn3)c2)cn1. The molecule has 3 aromatic heterocycles. The van der Waals surface area contributed by atoms with Crippen molar-refractivity contribution in [3.8, 4) is 16.8 Å². The van der Waals surface area contributed by atoms with Crippen molar-refractivity contribution in [2.24, 2.45) is 0 Å². The van der Waals surface area contributed by atoms with Gasteiger partial charge in [0, 0.05) is 54.8 Å². The maximum absolute atomic E-state index is 13.4. The van der Waals surface area contributed by atoms with Crippen LogP contribution in [-0.2, 0) is 17.8 Å². The fourth-order valence-electron chi connectivity index (χ4n) is 5.63. The largest absolute Gasteiger partial charge is 0.352 e. The van der Waals surface area contributed by atoms with Crippen LogP contribution in [0.4, 0.5) is 5.69 Å². The highest BCUT2D eigenvalue weighted by atomic mass is 16.2.